The van der Waals surface area contributed by atoms with Gasteiger partial charge in [-0.3, -0.25) is 0 Å². The topological polar surface area (TPSA) is 29.5 Å². The molecule has 1 unspecified atom stereocenters. The number of alkyl halides is 2. The van der Waals surface area contributed by atoms with Crippen LogP contribution in [-0.2, 0) is 0 Å². The van der Waals surface area contributed by atoms with Gasteiger partial charge in [0.25, 0.3) is 0 Å². The first-order valence-corrected chi connectivity index (χ1v) is 5.52. The fraction of sp³-hybridized carbons (Fsp3) is 0.333. The number of benzene rings is 1. The van der Waals surface area contributed by atoms with Crippen molar-refractivity contribution in [2.75, 3.05) is 7.11 Å². The van der Waals surface area contributed by atoms with E-state index in [1.54, 1.807) is 25.3 Å². The van der Waals surface area contributed by atoms with Gasteiger partial charge in [0.1, 0.15) is 16.7 Å². The standard InChI is InChI=1S/C9H9BrCl2O2/c1-14-5-2-3-6(7(10)4-5)8(13)9(11)12/h2-4,8-9,13H,1H3. The molecule has 14 heavy (non-hydrogen) atoms. The molecule has 1 rings (SSSR count). The summed E-state index contributed by atoms with van der Waals surface area (Å²) in [6.07, 6.45) is -0.904. The van der Waals surface area contributed by atoms with Gasteiger partial charge in [-0.25, -0.2) is 0 Å². The molecule has 0 radical (unpaired) electrons. The van der Waals surface area contributed by atoms with Gasteiger partial charge in [0, 0.05) is 4.47 Å². The highest BCUT2D eigenvalue weighted by atomic mass is 79.9. The second-order valence-corrected chi connectivity index (χ2v) is 4.68. The van der Waals surface area contributed by atoms with E-state index in [-0.39, 0.29) is 0 Å². The summed E-state index contributed by atoms with van der Waals surface area (Å²) in [6.45, 7) is 0. The maximum Gasteiger partial charge on any atom is 0.137 e. The third-order valence-electron chi connectivity index (χ3n) is 1.76. The molecule has 0 fully saturated rings. The Bertz CT molecular complexity index is 318. The molecule has 0 heterocycles. The van der Waals surface area contributed by atoms with Gasteiger partial charge in [0.05, 0.1) is 7.11 Å². The first-order chi connectivity index (χ1) is 6.56. The Labute approximate surface area is 101 Å². The van der Waals surface area contributed by atoms with Crippen LogP contribution in [0.1, 0.15) is 11.7 Å². The molecule has 1 atom stereocenters. The molecule has 78 valence electrons. The fourth-order valence-corrected chi connectivity index (χ4v) is 1.87. The summed E-state index contributed by atoms with van der Waals surface area (Å²) in [4.78, 5) is -0.848. The van der Waals surface area contributed by atoms with Gasteiger partial charge in [-0.15, -0.1) is 23.2 Å². The minimum absolute atomic E-state index is 0.640. The van der Waals surface area contributed by atoms with Crippen molar-refractivity contribution in [3.05, 3.63) is 28.2 Å². The summed E-state index contributed by atoms with van der Waals surface area (Å²) in [6, 6.07) is 5.19. The molecule has 2 nitrogen and oxygen atoms in total. The molecule has 0 amide bonds. The molecule has 0 saturated heterocycles. The molecule has 0 spiro atoms. The van der Waals surface area contributed by atoms with Gasteiger partial charge in [0.2, 0.25) is 0 Å². The zero-order valence-corrected chi connectivity index (χ0v) is 10.5. The maximum absolute atomic E-state index is 9.61. The van der Waals surface area contributed by atoms with E-state index < -0.39 is 10.9 Å². The summed E-state index contributed by atoms with van der Waals surface area (Å²) in [5.41, 5.74) is 0.640. The molecule has 0 aliphatic heterocycles. The number of ether oxygens (including phenoxy) is 1. The van der Waals surface area contributed by atoms with Crippen molar-refractivity contribution in [3.8, 4) is 5.75 Å². The van der Waals surface area contributed by atoms with Crippen molar-refractivity contribution in [1.29, 1.82) is 0 Å². The van der Waals surface area contributed by atoms with E-state index in [1.165, 1.54) is 0 Å². The highest BCUT2D eigenvalue weighted by Gasteiger charge is 2.18. The van der Waals surface area contributed by atoms with Crippen molar-refractivity contribution >= 4 is 39.1 Å². The number of aliphatic hydroxyl groups is 1. The average Bonchev–Trinajstić information content (AvgIpc) is 2.16. The van der Waals surface area contributed by atoms with E-state index in [4.69, 9.17) is 27.9 Å². The highest BCUT2D eigenvalue weighted by Crippen LogP contribution is 2.32. The third-order valence-corrected chi connectivity index (χ3v) is 2.93. The first-order valence-electron chi connectivity index (χ1n) is 3.86. The second kappa shape index (κ2) is 5.21. The Kier molecular flexibility index (Phi) is 4.51. The predicted octanol–water partition coefficient (Wildman–Crippen LogP) is 3.29. The van der Waals surface area contributed by atoms with Crippen LogP contribution in [0.5, 0.6) is 5.75 Å². The fourth-order valence-electron chi connectivity index (χ4n) is 1.01. The Morgan fingerprint density at radius 1 is 1.43 bits per heavy atom. The van der Waals surface area contributed by atoms with Gasteiger partial charge >= 0.3 is 0 Å². The normalized spacial score (nSPS) is 13.0. The van der Waals surface area contributed by atoms with Crippen LogP contribution in [0.25, 0.3) is 0 Å². The Morgan fingerprint density at radius 3 is 2.50 bits per heavy atom. The van der Waals surface area contributed by atoms with E-state index >= 15 is 0 Å². The van der Waals surface area contributed by atoms with E-state index in [9.17, 15) is 5.11 Å². The minimum atomic E-state index is -0.904. The Hall–Kier alpha value is 0.0400. The first kappa shape index (κ1) is 12.1. The number of hydrogen-bond donors (Lipinski definition) is 1. The molecule has 0 aliphatic carbocycles. The summed E-state index contributed by atoms with van der Waals surface area (Å²) in [5, 5.41) is 9.61. The van der Waals surface area contributed by atoms with Crippen LogP contribution in [0.3, 0.4) is 0 Å². The maximum atomic E-state index is 9.61. The van der Waals surface area contributed by atoms with E-state index in [0.717, 1.165) is 4.47 Å². The van der Waals surface area contributed by atoms with Gasteiger partial charge < -0.3 is 9.84 Å². The van der Waals surface area contributed by atoms with Gasteiger partial charge in [-0.05, 0) is 17.7 Å². The number of methoxy groups -OCH3 is 1. The highest BCUT2D eigenvalue weighted by molar-refractivity contribution is 9.10. The lowest BCUT2D eigenvalue weighted by atomic mass is 10.1. The quantitative estimate of drug-likeness (QED) is 0.868. The summed E-state index contributed by atoms with van der Waals surface area (Å²) < 4.78 is 5.73. The van der Waals surface area contributed by atoms with E-state index in [2.05, 4.69) is 15.9 Å². The van der Waals surface area contributed by atoms with E-state index in [0.29, 0.717) is 11.3 Å². The van der Waals surface area contributed by atoms with Crippen molar-refractivity contribution in [2.45, 2.75) is 10.9 Å². The predicted molar refractivity (Wildman–Crippen MR) is 61.1 cm³/mol. The largest absolute Gasteiger partial charge is 0.497 e. The molecular formula is C9H9BrCl2O2. The van der Waals surface area contributed by atoms with Crippen LogP contribution in [0.4, 0.5) is 0 Å². The lowest BCUT2D eigenvalue weighted by Crippen LogP contribution is -2.06. The van der Waals surface area contributed by atoms with Crippen LogP contribution in [-0.4, -0.2) is 17.1 Å². The third kappa shape index (κ3) is 2.76. The average molecular weight is 300 g/mol. The molecule has 0 saturated carbocycles. The molecule has 5 heteroatoms. The van der Waals surface area contributed by atoms with Gasteiger partial charge in [-0.2, -0.15) is 0 Å². The van der Waals surface area contributed by atoms with E-state index in [1.807, 2.05) is 0 Å². The minimum Gasteiger partial charge on any atom is -0.497 e. The second-order valence-electron chi connectivity index (χ2n) is 2.67. The van der Waals surface area contributed by atoms with Crippen molar-refractivity contribution in [1.82, 2.24) is 0 Å². The van der Waals surface area contributed by atoms with Crippen LogP contribution >= 0.6 is 39.1 Å². The van der Waals surface area contributed by atoms with Crippen molar-refractivity contribution < 1.29 is 9.84 Å². The molecule has 0 aliphatic rings. The molecule has 1 aromatic carbocycles. The summed E-state index contributed by atoms with van der Waals surface area (Å²) >= 11 is 14.4. The van der Waals surface area contributed by atoms with Gasteiger partial charge in [0.15, 0.2) is 0 Å². The van der Waals surface area contributed by atoms with Crippen LogP contribution in [0.15, 0.2) is 22.7 Å². The zero-order chi connectivity index (χ0) is 10.7. The van der Waals surface area contributed by atoms with Crippen LogP contribution in [0, 0.1) is 0 Å². The van der Waals surface area contributed by atoms with Crippen molar-refractivity contribution in [2.24, 2.45) is 0 Å². The number of hydrogen-bond acceptors (Lipinski definition) is 2. The molecule has 1 aromatic rings. The van der Waals surface area contributed by atoms with Crippen molar-refractivity contribution in [3.63, 3.8) is 0 Å². The smallest absolute Gasteiger partial charge is 0.137 e. The SMILES string of the molecule is COc1ccc(C(O)C(Cl)Cl)c(Br)c1. The van der Waals surface area contributed by atoms with Crippen LogP contribution < -0.4 is 4.74 Å². The van der Waals surface area contributed by atoms with Gasteiger partial charge in [-0.1, -0.05) is 22.0 Å². The number of rotatable bonds is 3. The molecular weight excluding hydrogens is 291 g/mol. The monoisotopic (exact) mass is 298 g/mol. The lowest BCUT2D eigenvalue weighted by Gasteiger charge is -2.14. The Balaban J connectivity index is 2.99. The molecule has 0 bridgehead atoms. The lowest BCUT2D eigenvalue weighted by molar-refractivity contribution is 0.192. The summed E-state index contributed by atoms with van der Waals surface area (Å²) in [5.74, 6) is 0.702. The zero-order valence-electron chi connectivity index (χ0n) is 7.38. The number of halogens is 3. The Morgan fingerprint density at radius 2 is 2.07 bits per heavy atom. The number of aliphatic hydroxyl groups excluding tert-OH is 1. The van der Waals surface area contributed by atoms with Crippen LogP contribution in [0.2, 0.25) is 0 Å². The molecule has 0 aromatic heterocycles. The molecule has 1 N–H and O–H groups in total. The summed E-state index contributed by atoms with van der Waals surface area (Å²) in [7, 11) is 1.57.